The topological polar surface area (TPSA) is 88.5 Å². The van der Waals surface area contributed by atoms with Crippen LogP contribution < -0.4 is 14.2 Å². The lowest BCUT2D eigenvalue weighted by atomic mass is 9.75. The predicted molar refractivity (Wildman–Crippen MR) is 153 cm³/mol. The van der Waals surface area contributed by atoms with E-state index in [2.05, 4.69) is 39.5 Å². The lowest BCUT2D eigenvalue weighted by molar-refractivity contribution is -0.138. The van der Waals surface area contributed by atoms with Crippen molar-refractivity contribution in [2.45, 2.75) is 97.9 Å². The number of nitrogens with zero attached hydrogens (tertiary/aromatic N) is 2. The molecule has 1 fully saturated rings. The second-order valence-corrected chi connectivity index (χ2v) is 12.0. The van der Waals surface area contributed by atoms with E-state index in [0.29, 0.717) is 30.3 Å². The smallest absolute Gasteiger partial charge is 0.303 e. The molecule has 39 heavy (non-hydrogen) atoms. The molecular formula is C31H50N2O6. The van der Waals surface area contributed by atoms with Crippen molar-refractivity contribution in [3.63, 3.8) is 0 Å². The van der Waals surface area contributed by atoms with Crippen molar-refractivity contribution < 1.29 is 28.9 Å². The van der Waals surface area contributed by atoms with Crippen molar-refractivity contribution in [1.82, 2.24) is 9.80 Å². The summed E-state index contributed by atoms with van der Waals surface area (Å²) in [5.41, 5.74) is 1.01. The van der Waals surface area contributed by atoms with Crippen LogP contribution in [-0.4, -0.2) is 72.9 Å². The zero-order valence-electron chi connectivity index (χ0n) is 25.0. The van der Waals surface area contributed by atoms with E-state index >= 15 is 0 Å². The Balaban J connectivity index is 1.98. The fraction of sp³-hybridized carbons (Fsp3) is 0.742. The van der Waals surface area contributed by atoms with Crippen molar-refractivity contribution in [2.24, 2.45) is 11.3 Å². The number of methoxy groups -OCH3 is 1. The van der Waals surface area contributed by atoms with Crippen LogP contribution in [0.4, 0.5) is 0 Å². The molecule has 0 bridgehead atoms. The number of carboxylic acid groups (broad SMARTS) is 1. The molecule has 2 heterocycles. The van der Waals surface area contributed by atoms with Gasteiger partial charge in [0.15, 0.2) is 11.5 Å². The Bertz CT molecular complexity index is 957. The number of aliphatic carboxylic acids is 1. The number of unbranched alkanes of at least 4 members (excludes halogenated alkanes) is 2. The van der Waals surface area contributed by atoms with Crippen LogP contribution in [0.3, 0.4) is 0 Å². The van der Waals surface area contributed by atoms with E-state index < -0.39 is 5.97 Å². The van der Waals surface area contributed by atoms with E-state index in [0.717, 1.165) is 63.6 Å². The van der Waals surface area contributed by atoms with Gasteiger partial charge in [0.25, 0.3) is 0 Å². The summed E-state index contributed by atoms with van der Waals surface area (Å²) in [4.78, 5) is 30.2. The van der Waals surface area contributed by atoms with Crippen molar-refractivity contribution >= 4 is 11.9 Å². The van der Waals surface area contributed by atoms with Crippen LogP contribution in [0, 0.1) is 11.3 Å². The average molecular weight is 547 g/mol. The first kappa shape index (κ1) is 31.1. The maximum absolute atomic E-state index is 13.7. The Morgan fingerprint density at radius 2 is 1.79 bits per heavy atom. The molecule has 1 saturated heterocycles. The number of amides is 1. The lowest BCUT2D eigenvalue weighted by Gasteiger charge is -2.36. The van der Waals surface area contributed by atoms with Gasteiger partial charge in [0.05, 0.1) is 20.1 Å². The van der Waals surface area contributed by atoms with Crippen LogP contribution in [-0.2, 0) is 9.59 Å². The molecule has 1 aromatic carbocycles. The van der Waals surface area contributed by atoms with Gasteiger partial charge in [0.1, 0.15) is 0 Å². The van der Waals surface area contributed by atoms with E-state index in [1.54, 1.807) is 7.11 Å². The third-order valence-corrected chi connectivity index (χ3v) is 8.37. The molecule has 3 rings (SSSR count). The van der Waals surface area contributed by atoms with Gasteiger partial charge in [-0.25, -0.2) is 0 Å². The first-order valence-corrected chi connectivity index (χ1v) is 14.8. The minimum atomic E-state index is -0.809. The Labute approximate surface area is 235 Å². The number of carboxylic acids is 1. The summed E-state index contributed by atoms with van der Waals surface area (Å²) in [6, 6.07) is 3.91. The van der Waals surface area contributed by atoms with Gasteiger partial charge >= 0.3 is 5.97 Å². The Morgan fingerprint density at radius 1 is 1.10 bits per heavy atom. The summed E-state index contributed by atoms with van der Waals surface area (Å²) < 4.78 is 16.9. The summed E-state index contributed by atoms with van der Waals surface area (Å²) in [6.07, 6.45) is 7.07. The predicted octanol–water partition coefficient (Wildman–Crippen LogP) is 5.93. The SMILES string of the molecule is CCCCN(CCCC)C(=O)CN1C[C@H](c2cc(OC)c3c(c2)OCO3)[C@@H](CC(=O)O)[C@@H]1CC(C)(C)CCC. The van der Waals surface area contributed by atoms with Crippen LogP contribution in [0.15, 0.2) is 12.1 Å². The highest BCUT2D eigenvalue weighted by Crippen LogP contribution is 2.49. The van der Waals surface area contributed by atoms with Crippen LogP contribution >= 0.6 is 0 Å². The van der Waals surface area contributed by atoms with Crippen LogP contribution in [0.1, 0.15) is 97.5 Å². The van der Waals surface area contributed by atoms with Crippen molar-refractivity contribution in [3.05, 3.63) is 17.7 Å². The number of carbonyl (C=O) groups excluding carboxylic acids is 1. The number of hydrogen-bond donors (Lipinski definition) is 1. The van der Waals surface area contributed by atoms with E-state index in [4.69, 9.17) is 14.2 Å². The minimum absolute atomic E-state index is 0.0211. The highest BCUT2D eigenvalue weighted by molar-refractivity contribution is 5.78. The van der Waals surface area contributed by atoms with Gasteiger partial charge in [-0.1, -0.05) is 53.9 Å². The summed E-state index contributed by atoms with van der Waals surface area (Å²) in [6.45, 7) is 13.6. The maximum atomic E-state index is 13.7. The van der Waals surface area contributed by atoms with Gasteiger partial charge in [-0.15, -0.1) is 0 Å². The molecule has 3 atom stereocenters. The van der Waals surface area contributed by atoms with E-state index in [-0.39, 0.29) is 42.4 Å². The molecule has 1 amide bonds. The molecule has 8 heteroatoms. The quantitative estimate of drug-likeness (QED) is 0.275. The van der Waals surface area contributed by atoms with Gasteiger partial charge in [0.2, 0.25) is 18.4 Å². The van der Waals surface area contributed by atoms with Crippen molar-refractivity contribution in [2.75, 3.05) is 40.1 Å². The summed E-state index contributed by atoms with van der Waals surface area (Å²) in [5.74, 6) is 0.933. The zero-order chi connectivity index (χ0) is 28.6. The van der Waals surface area contributed by atoms with Gasteiger partial charge in [-0.2, -0.15) is 0 Å². The summed E-state index contributed by atoms with van der Waals surface area (Å²) in [5, 5.41) is 10.0. The van der Waals surface area contributed by atoms with Crippen LogP contribution in [0.5, 0.6) is 17.2 Å². The second-order valence-electron chi connectivity index (χ2n) is 12.0. The Hall–Kier alpha value is -2.48. The zero-order valence-corrected chi connectivity index (χ0v) is 25.0. The molecule has 0 aromatic heterocycles. The summed E-state index contributed by atoms with van der Waals surface area (Å²) in [7, 11) is 1.60. The molecule has 2 aliphatic rings. The standard InChI is InChI=1S/C31H50N2O6/c1-7-10-13-32(14-11-8-2)28(34)20-33-19-24(22-15-26(37-6)30-27(16-22)38-21-39-30)23(17-29(35)36)25(33)18-31(4,5)12-9-3/h15-16,23-25H,7-14,17-21H2,1-6H3,(H,35,36)/t23-,24-,25+/m1/s1. The third-order valence-electron chi connectivity index (χ3n) is 8.37. The van der Waals surface area contributed by atoms with Crippen molar-refractivity contribution in [3.8, 4) is 17.2 Å². The first-order chi connectivity index (χ1) is 18.6. The molecular weight excluding hydrogens is 496 g/mol. The highest BCUT2D eigenvalue weighted by Gasteiger charge is 2.46. The fourth-order valence-electron chi connectivity index (χ4n) is 6.40. The minimum Gasteiger partial charge on any atom is -0.493 e. The third kappa shape index (κ3) is 8.03. The molecule has 0 unspecified atom stereocenters. The average Bonchev–Trinajstić information content (AvgIpc) is 3.48. The molecule has 1 aromatic rings. The van der Waals surface area contributed by atoms with Crippen LogP contribution in [0.25, 0.3) is 0 Å². The number of ether oxygens (including phenoxy) is 3. The van der Waals surface area contributed by atoms with Gasteiger partial charge in [-0.05, 0) is 54.7 Å². The molecule has 8 nitrogen and oxygen atoms in total. The van der Waals surface area contributed by atoms with E-state index in [1.807, 2.05) is 17.0 Å². The van der Waals surface area contributed by atoms with Gasteiger partial charge in [0, 0.05) is 31.6 Å². The number of hydrogen-bond acceptors (Lipinski definition) is 6. The fourth-order valence-corrected chi connectivity index (χ4v) is 6.40. The van der Waals surface area contributed by atoms with E-state index in [1.165, 1.54) is 0 Å². The van der Waals surface area contributed by atoms with Crippen LogP contribution in [0.2, 0.25) is 0 Å². The molecule has 0 aliphatic carbocycles. The molecule has 2 aliphatic heterocycles. The molecule has 0 radical (unpaired) electrons. The maximum Gasteiger partial charge on any atom is 0.303 e. The highest BCUT2D eigenvalue weighted by atomic mass is 16.7. The Morgan fingerprint density at radius 3 is 2.38 bits per heavy atom. The second kappa shape index (κ2) is 14.2. The number of benzene rings is 1. The lowest BCUT2D eigenvalue weighted by Crippen LogP contribution is -2.45. The molecule has 1 N–H and O–H groups in total. The van der Waals surface area contributed by atoms with Crippen molar-refractivity contribution in [1.29, 1.82) is 0 Å². The normalized spacial score (nSPS) is 20.8. The number of fused-ring (bicyclic) bond motifs is 1. The van der Waals surface area contributed by atoms with Gasteiger partial charge < -0.3 is 24.2 Å². The molecule has 0 spiro atoms. The molecule has 0 saturated carbocycles. The summed E-state index contributed by atoms with van der Waals surface area (Å²) >= 11 is 0. The number of rotatable bonds is 16. The number of carbonyl (C=O) groups is 2. The Kier molecular flexibility index (Phi) is 11.3. The van der Waals surface area contributed by atoms with Gasteiger partial charge in [-0.3, -0.25) is 14.5 Å². The number of likely N-dealkylation sites (tertiary alicyclic amines) is 1. The first-order valence-electron chi connectivity index (χ1n) is 14.8. The largest absolute Gasteiger partial charge is 0.493 e. The monoisotopic (exact) mass is 546 g/mol. The van der Waals surface area contributed by atoms with E-state index in [9.17, 15) is 14.7 Å². The molecule has 220 valence electrons.